The lowest BCUT2D eigenvalue weighted by Crippen LogP contribution is -2.09. The van der Waals surface area contributed by atoms with E-state index in [4.69, 9.17) is 10.2 Å². The van der Waals surface area contributed by atoms with Crippen molar-refractivity contribution < 1.29 is 10.2 Å². The molecule has 0 saturated heterocycles. The highest BCUT2D eigenvalue weighted by Crippen LogP contribution is 2.24. The van der Waals surface area contributed by atoms with Crippen LogP contribution in [0.3, 0.4) is 0 Å². The lowest BCUT2D eigenvalue weighted by Gasteiger charge is -2.19. The van der Waals surface area contributed by atoms with E-state index >= 15 is 0 Å². The SMILES string of the molecule is C1=CC2C=CC=CC2C=C1.CC.CC.CO.CO. The van der Waals surface area contributed by atoms with Gasteiger partial charge in [-0.3, -0.25) is 0 Å². The molecular weight excluding hydrogens is 224 g/mol. The molecule has 0 aromatic rings. The first-order valence-electron chi connectivity index (χ1n) is 6.56. The highest BCUT2D eigenvalue weighted by molar-refractivity contribution is 5.27. The molecule has 2 aliphatic carbocycles. The van der Waals surface area contributed by atoms with Crippen LogP contribution in [0.2, 0.25) is 0 Å². The average Bonchev–Trinajstić information content (AvgIpc) is 2.55. The van der Waals surface area contributed by atoms with E-state index in [9.17, 15) is 0 Å². The van der Waals surface area contributed by atoms with Gasteiger partial charge < -0.3 is 10.2 Å². The Bertz CT molecular complexity index is 187. The summed E-state index contributed by atoms with van der Waals surface area (Å²) < 4.78 is 0. The minimum Gasteiger partial charge on any atom is -0.400 e. The van der Waals surface area contributed by atoms with Crippen LogP contribution in [0.5, 0.6) is 0 Å². The first-order valence-corrected chi connectivity index (χ1v) is 6.56. The molecule has 0 unspecified atom stereocenters. The molecule has 2 N–H and O–H groups in total. The number of fused-ring (bicyclic) bond motifs is 1. The normalized spacial score (nSPS) is 20.4. The van der Waals surface area contributed by atoms with E-state index in [1.54, 1.807) is 0 Å². The predicted molar refractivity (Wildman–Crippen MR) is 82.5 cm³/mol. The molecule has 0 amide bonds. The van der Waals surface area contributed by atoms with Gasteiger partial charge in [0.15, 0.2) is 0 Å². The Labute approximate surface area is 113 Å². The van der Waals surface area contributed by atoms with E-state index in [1.165, 1.54) is 0 Å². The van der Waals surface area contributed by atoms with Gasteiger partial charge >= 0.3 is 0 Å². The van der Waals surface area contributed by atoms with Gasteiger partial charge in [0.1, 0.15) is 0 Å². The average molecular weight is 254 g/mol. The van der Waals surface area contributed by atoms with Crippen LogP contribution in [0.4, 0.5) is 0 Å². The van der Waals surface area contributed by atoms with Crippen molar-refractivity contribution in [2.45, 2.75) is 27.7 Å². The molecule has 0 aromatic heterocycles. The van der Waals surface area contributed by atoms with Crippen LogP contribution in [0, 0.1) is 11.8 Å². The van der Waals surface area contributed by atoms with Crippen molar-refractivity contribution in [2.75, 3.05) is 14.2 Å². The van der Waals surface area contributed by atoms with Crippen molar-refractivity contribution in [1.82, 2.24) is 0 Å². The molecule has 106 valence electrons. The monoisotopic (exact) mass is 254 g/mol. The van der Waals surface area contributed by atoms with Crippen molar-refractivity contribution >= 4 is 0 Å². The smallest absolute Gasteiger partial charge is 0.0319 e. The highest BCUT2D eigenvalue weighted by atomic mass is 16.2. The fourth-order valence-corrected chi connectivity index (χ4v) is 1.41. The molecule has 18 heavy (non-hydrogen) atoms. The quantitative estimate of drug-likeness (QED) is 0.691. The van der Waals surface area contributed by atoms with Crippen LogP contribution in [-0.4, -0.2) is 24.4 Å². The van der Waals surface area contributed by atoms with Crippen LogP contribution < -0.4 is 0 Å². The summed E-state index contributed by atoms with van der Waals surface area (Å²) in [7, 11) is 2.00. The molecule has 2 rings (SSSR count). The Balaban J connectivity index is -0.000000244. The number of rotatable bonds is 0. The summed E-state index contributed by atoms with van der Waals surface area (Å²) in [6.07, 6.45) is 17.4. The molecule has 0 heterocycles. The molecule has 0 aromatic carbocycles. The Morgan fingerprint density at radius 2 is 0.667 bits per heavy atom. The van der Waals surface area contributed by atoms with Crippen molar-refractivity contribution in [3.63, 3.8) is 0 Å². The predicted octanol–water partition coefficient (Wildman–Crippen LogP) is 3.74. The largest absolute Gasteiger partial charge is 0.400 e. The molecule has 0 aliphatic heterocycles. The summed E-state index contributed by atoms with van der Waals surface area (Å²) in [4.78, 5) is 0. The third-order valence-corrected chi connectivity index (χ3v) is 2.00. The van der Waals surface area contributed by atoms with Crippen LogP contribution >= 0.6 is 0 Å². The molecule has 0 spiro atoms. The second kappa shape index (κ2) is 21.2. The minimum absolute atomic E-state index is 0.620. The van der Waals surface area contributed by atoms with E-state index in [0.29, 0.717) is 11.8 Å². The third-order valence-electron chi connectivity index (χ3n) is 2.00. The van der Waals surface area contributed by atoms with Gasteiger partial charge in [0.25, 0.3) is 0 Å². The Kier molecular flexibility index (Phi) is 26.0. The molecule has 0 bridgehead atoms. The van der Waals surface area contributed by atoms with Gasteiger partial charge in [-0.25, -0.2) is 0 Å². The zero-order chi connectivity index (χ0) is 14.8. The Hall–Kier alpha value is -1.12. The highest BCUT2D eigenvalue weighted by Gasteiger charge is 2.13. The van der Waals surface area contributed by atoms with Crippen LogP contribution in [0.25, 0.3) is 0 Å². The van der Waals surface area contributed by atoms with Crippen LogP contribution in [0.15, 0.2) is 48.6 Å². The summed E-state index contributed by atoms with van der Waals surface area (Å²) in [5.74, 6) is 1.24. The van der Waals surface area contributed by atoms with Crippen molar-refractivity contribution in [3.8, 4) is 0 Å². The summed E-state index contributed by atoms with van der Waals surface area (Å²) in [6, 6.07) is 0. The van der Waals surface area contributed by atoms with Gasteiger partial charge in [0.2, 0.25) is 0 Å². The lowest BCUT2D eigenvalue weighted by atomic mass is 9.85. The summed E-state index contributed by atoms with van der Waals surface area (Å²) in [6.45, 7) is 8.00. The fourth-order valence-electron chi connectivity index (χ4n) is 1.41. The second-order valence-corrected chi connectivity index (χ2v) is 2.69. The van der Waals surface area contributed by atoms with E-state index in [0.717, 1.165) is 14.2 Å². The van der Waals surface area contributed by atoms with Crippen LogP contribution in [-0.2, 0) is 0 Å². The van der Waals surface area contributed by atoms with Crippen molar-refractivity contribution in [1.29, 1.82) is 0 Å². The molecule has 0 atom stereocenters. The fraction of sp³-hybridized carbons (Fsp3) is 0.500. The number of allylic oxidation sites excluding steroid dienone is 8. The minimum atomic E-state index is 0.620. The van der Waals surface area contributed by atoms with E-state index in [1.807, 2.05) is 27.7 Å². The number of aliphatic hydroxyl groups is 2. The molecule has 0 radical (unpaired) electrons. The molecule has 2 heteroatoms. The number of hydrogen-bond acceptors (Lipinski definition) is 2. The van der Waals surface area contributed by atoms with E-state index < -0.39 is 0 Å². The van der Waals surface area contributed by atoms with Gasteiger partial charge in [-0.05, 0) is 0 Å². The zero-order valence-corrected chi connectivity index (χ0v) is 12.7. The maximum Gasteiger partial charge on any atom is 0.0319 e. The molecule has 0 saturated carbocycles. The lowest BCUT2D eigenvalue weighted by molar-refractivity contribution is 0.399. The second-order valence-electron chi connectivity index (χ2n) is 2.69. The number of hydrogen-bond donors (Lipinski definition) is 2. The van der Waals surface area contributed by atoms with Crippen molar-refractivity contribution in [3.05, 3.63) is 48.6 Å². The Morgan fingerprint density at radius 1 is 0.500 bits per heavy atom. The molecule has 2 aliphatic rings. The molecule has 2 nitrogen and oxygen atoms in total. The number of aliphatic hydroxyl groups excluding tert-OH is 2. The first kappa shape index (κ1) is 22.1. The maximum atomic E-state index is 7.00. The first-order chi connectivity index (χ1) is 8.97. The van der Waals surface area contributed by atoms with Gasteiger partial charge in [-0.15, -0.1) is 0 Å². The zero-order valence-electron chi connectivity index (χ0n) is 12.7. The molecular formula is C16H30O2. The standard InChI is InChI=1S/C10H10.2C2H6.2CH4O/c1-2-6-10-8-4-3-7-9(10)5-1;4*1-2/h1-10H;2*1-2H3;2*2H,1H3. The third kappa shape index (κ3) is 10.1. The van der Waals surface area contributed by atoms with E-state index in [2.05, 4.69) is 48.6 Å². The Morgan fingerprint density at radius 3 is 0.833 bits per heavy atom. The van der Waals surface area contributed by atoms with Gasteiger partial charge in [0.05, 0.1) is 0 Å². The van der Waals surface area contributed by atoms with Crippen molar-refractivity contribution in [2.24, 2.45) is 11.8 Å². The maximum absolute atomic E-state index is 7.00. The molecule has 0 fully saturated rings. The topological polar surface area (TPSA) is 40.5 Å². The van der Waals surface area contributed by atoms with Gasteiger partial charge in [-0.2, -0.15) is 0 Å². The van der Waals surface area contributed by atoms with E-state index in [-0.39, 0.29) is 0 Å². The summed E-state index contributed by atoms with van der Waals surface area (Å²) in [5.41, 5.74) is 0. The van der Waals surface area contributed by atoms with Gasteiger partial charge in [-0.1, -0.05) is 76.3 Å². The van der Waals surface area contributed by atoms with Gasteiger partial charge in [0, 0.05) is 26.1 Å². The summed E-state index contributed by atoms with van der Waals surface area (Å²) >= 11 is 0. The van der Waals surface area contributed by atoms with Crippen LogP contribution in [0.1, 0.15) is 27.7 Å². The summed E-state index contributed by atoms with van der Waals surface area (Å²) in [5, 5.41) is 14.0.